The van der Waals surface area contributed by atoms with Crippen LogP contribution in [0.3, 0.4) is 0 Å². The molecule has 0 bridgehead atoms. The Bertz CT molecular complexity index is 422. The van der Waals surface area contributed by atoms with Crippen molar-refractivity contribution in [3.05, 3.63) is 17.5 Å². The Kier molecular flexibility index (Phi) is 3.63. The zero-order valence-corrected chi connectivity index (χ0v) is 10.9. The highest BCUT2D eigenvalue weighted by Crippen LogP contribution is 2.23. The van der Waals surface area contributed by atoms with Gasteiger partial charge in [0, 0.05) is 19.6 Å². The van der Waals surface area contributed by atoms with Crippen molar-refractivity contribution in [2.75, 3.05) is 20.1 Å². The fourth-order valence-corrected chi connectivity index (χ4v) is 4.45. The highest BCUT2D eigenvalue weighted by Gasteiger charge is 2.29. The van der Waals surface area contributed by atoms with Gasteiger partial charge in [0.05, 0.1) is 0 Å². The van der Waals surface area contributed by atoms with Crippen molar-refractivity contribution >= 4 is 21.4 Å². The molecule has 1 N–H and O–H groups in total. The molecular formula is C10H16N2O2S2. The van der Waals surface area contributed by atoms with Crippen LogP contribution in [-0.4, -0.2) is 38.9 Å². The standard InChI is InChI=1S/C10H16N2O2S2/c1-12(9-4-2-6-11-8-9)16(13,14)10-5-3-7-15-10/h3,5,7,9,11H,2,4,6,8H2,1H3/t9-/m0/s1. The second-order valence-corrected chi connectivity index (χ2v) is 7.13. The second-order valence-electron chi connectivity index (χ2n) is 3.95. The van der Waals surface area contributed by atoms with Gasteiger partial charge in [0.15, 0.2) is 0 Å². The van der Waals surface area contributed by atoms with Crippen molar-refractivity contribution in [3.8, 4) is 0 Å². The predicted octanol–water partition coefficient (Wildman–Crippen LogP) is 1.12. The summed E-state index contributed by atoms with van der Waals surface area (Å²) in [4.78, 5) is 0. The lowest BCUT2D eigenvalue weighted by atomic mass is 10.1. The van der Waals surface area contributed by atoms with E-state index in [1.165, 1.54) is 15.6 Å². The van der Waals surface area contributed by atoms with E-state index in [2.05, 4.69) is 5.32 Å². The molecule has 1 aromatic heterocycles. The number of hydrogen-bond donors (Lipinski definition) is 1. The van der Waals surface area contributed by atoms with Crippen molar-refractivity contribution < 1.29 is 8.42 Å². The molecule has 2 rings (SSSR count). The Labute approximate surface area is 100 Å². The van der Waals surface area contributed by atoms with Gasteiger partial charge in [-0.2, -0.15) is 4.31 Å². The molecular weight excluding hydrogens is 244 g/mol. The summed E-state index contributed by atoms with van der Waals surface area (Å²) in [6.45, 7) is 1.74. The molecule has 1 saturated heterocycles. The third kappa shape index (κ3) is 2.29. The molecule has 0 aromatic carbocycles. The number of rotatable bonds is 3. The van der Waals surface area contributed by atoms with Gasteiger partial charge in [-0.1, -0.05) is 6.07 Å². The molecule has 0 amide bonds. The van der Waals surface area contributed by atoms with Crippen LogP contribution in [0.1, 0.15) is 12.8 Å². The molecule has 4 nitrogen and oxygen atoms in total. The molecule has 1 aromatic rings. The molecule has 0 spiro atoms. The number of sulfonamides is 1. The van der Waals surface area contributed by atoms with E-state index in [4.69, 9.17) is 0 Å². The Morgan fingerprint density at radius 3 is 2.94 bits per heavy atom. The van der Waals surface area contributed by atoms with Crippen LogP contribution < -0.4 is 5.32 Å². The lowest BCUT2D eigenvalue weighted by Crippen LogP contribution is -2.46. The molecule has 0 aliphatic carbocycles. The van der Waals surface area contributed by atoms with Gasteiger partial charge in [0.25, 0.3) is 10.0 Å². The molecule has 1 atom stereocenters. The fraction of sp³-hybridized carbons (Fsp3) is 0.600. The molecule has 6 heteroatoms. The van der Waals surface area contributed by atoms with Crippen LogP contribution in [0.4, 0.5) is 0 Å². The highest BCUT2D eigenvalue weighted by atomic mass is 32.2. The first-order valence-corrected chi connectivity index (χ1v) is 7.66. The molecule has 0 saturated carbocycles. The van der Waals surface area contributed by atoms with E-state index >= 15 is 0 Å². The van der Waals surface area contributed by atoms with Gasteiger partial charge in [0.1, 0.15) is 4.21 Å². The lowest BCUT2D eigenvalue weighted by Gasteiger charge is -2.30. The molecule has 0 unspecified atom stereocenters. The summed E-state index contributed by atoms with van der Waals surface area (Å²) in [5.41, 5.74) is 0. The maximum Gasteiger partial charge on any atom is 0.252 e. The topological polar surface area (TPSA) is 49.4 Å². The minimum absolute atomic E-state index is 0.0841. The van der Waals surface area contributed by atoms with Gasteiger partial charge in [-0.15, -0.1) is 11.3 Å². The molecule has 2 heterocycles. The van der Waals surface area contributed by atoms with Gasteiger partial charge in [-0.05, 0) is 30.8 Å². The summed E-state index contributed by atoms with van der Waals surface area (Å²) >= 11 is 1.27. The average molecular weight is 260 g/mol. The van der Waals surface area contributed by atoms with Crippen LogP contribution in [0.25, 0.3) is 0 Å². The van der Waals surface area contributed by atoms with E-state index in [1.54, 1.807) is 24.6 Å². The van der Waals surface area contributed by atoms with Crippen LogP contribution in [0.2, 0.25) is 0 Å². The normalized spacial score (nSPS) is 22.5. The molecule has 0 radical (unpaired) electrons. The van der Waals surface area contributed by atoms with Crippen LogP contribution in [-0.2, 0) is 10.0 Å². The first-order chi connectivity index (χ1) is 7.62. The van der Waals surface area contributed by atoms with Gasteiger partial charge in [0.2, 0.25) is 0 Å². The predicted molar refractivity (Wildman–Crippen MR) is 65.2 cm³/mol. The van der Waals surface area contributed by atoms with Crippen LogP contribution in [0.5, 0.6) is 0 Å². The molecule has 16 heavy (non-hydrogen) atoms. The van der Waals surface area contributed by atoms with Crippen LogP contribution in [0, 0.1) is 0 Å². The maximum atomic E-state index is 12.2. The maximum absolute atomic E-state index is 12.2. The van der Waals surface area contributed by atoms with Crippen LogP contribution in [0.15, 0.2) is 21.7 Å². The first-order valence-electron chi connectivity index (χ1n) is 5.34. The van der Waals surface area contributed by atoms with Crippen molar-refractivity contribution in [1.29, 1.82) is 0 Å². The summed E-state index contributed by atoms with van der Waals surface area (Å²) in [6, 6.07) is 3.51. The van der Waals surface area contributed by atoms with Crippen molar-refractivity contribution in [3.63, 3.8) is 0 Å². The largest absolute Gasteiger partial charge is 0.315 e. The Morgan fingerprint density at radius 1 is 1.56 bits per heavy atom. The summed E-state index contributed by atoms with van der Waals surface area (Å²) in [5.74, 6) is 0. The molecule has 90 valence electrons. The lowest BCUT2D eigenvalue weighted by molar-refractivity contribution is 0.300. The van der Waals surface area contributed by atoms with Crippen molar-refractivity contribution in [1.82, 2.24) is 9.62 Å². The summed E-state index contributed by atoms with van der Waals surface area (Å²) in [7, 11) is -1.61. The zero-order chi connectivity index (χ0) is 11.6. The highest BCUT2D eigenvalue weighted by molar-refractivity contribution is 7.91. The molecule has 1 aliphatic rings. The third-order valence-electron chi connectivity index (χ3n) is 2.91. The quantitative estimate of drug-likeness (QED) is 0.886. The second kappa shape index (κ2) is 4.83. The first kappa shape index (κ1) is 12.0. The number of likely N-dealkylation sites (N-methyl/N-ethyl adjacent to an activating group) is 1. The minimum atomic E-state index is -3.28. The number of nitrogens with zero attached hydrogens (tertiary/aromatic N) is 1. The smallest absolute Gasteiger partial charge is 0.252 e. The average Bonchev–Trinajstić information content (AvgIpc) is 2.83. The van der Waals surface area contributed by atoms with Gasteiger partial charge in [-0.3, -0.25) is 0 Å². The SMILES string of the molecule is CN([C@H]1CCCNC1)S(=O)(=O)c1cccs1. The number of nitrogens with one attached hydrogen (secondary N) is 1. The molecule has 1 aliphatic heterocycles. The van der Waals surface area contributed by atoms with E-state index in [9.17, 15) is 8.42 Å². The number of hydrogen-bond acceptors (Lipinski definition) is 4. The van der Waals surface area contributed by atoms with E-state index < -0.39 is 10.0 Å². The number of thiophene rings is 1. The zero-order valence-electron chi connectivity index (χ0n) is 9.22. The summed E-state index contributed by atoms with van der Waals surface area (Å²) in [6.07, 6.45) is 1.98. The Hall–Kier alpha value is -0.430. The van der Waals surface area contributed by atoms with E-state index in [0.29, 0.717) is 4.21 Å². The van der Waals surface area contributed by atoms with Crippen LogP contribution >= 0.6 is 11.3 Å². The van der Waals surface area contributed by atoms with Crippen molar-refractivity contribution in [2.24, 2.45) is 0 Å². The summed E-state index contributed by atoms with van der Waals surface area (Å²) < 4.78 is 26.3. The van der Waals surface area contributed by atoms with Gasteiger partial charge in [-0.25, -0.2) is 8.42 Å². The van der Waals surface area contributed by atoms with E-state index in [0.717, 1.165) is 25.9 Å². The third-order valence-corrected chi connectivity index (χ3v) is 6.20. The number of piperidine rings is 1. The van der Waals surface area contributed by atoms with Crippen molar-refractivity contribution in [2.45, 2.75) is 23.1 Å². The minimum Gasteiger partial charge on any atom is -0.315 e. The van der Waals surface area contributed by atoms with E-state index in [-0.39, 0.29) is 6.04 Å². The van der Waals surface area contributed by atoms with Gasteiger partial charge >= 0.3 is 0 Å². The van der Waals surface area contributed by atoms with Gasteiger partial charge < -0.3 is 5.32 Å². The Balaban J connectivity index is 2.17. The van der Waals surface area contributed by atoms with E-state index in [1.807, 2.05) is 0 Å². The molecule has 1 fully saturated rings. The Morgan fingerprint density at radius 2 is 2.38 bits per heavy atom. The monoisotopic (exact) mass is 260 g/mol. The fourth-order valence-electron chi connectivity index (χ4n) is 1.89. The summed E-state index contributed by atoms with van der Waals surface area (Å²) in [5, 5.41) is 5.02.